The van der Waals surface area contributed by atoms with E-state index >= 15 is 0 Å². The molecular formula is C20H38O12S4. The summed E-state index contributed by atoms with van der Waals surface area (Å²) in [4.78, 5) is 0. The molecule has 16 heteroatoms. The summed E-state index contributed by atoms with van der Waals surface area (Å²) >= 11 is 0. The van der Waals surface area contributed by atoms with Crippen LogP contribution in [-0.4, -0.2) is 68.3 Å². The standard InChI is InChI=1S/C20H38O12S4/c1-17(35(25,26)31-19-11-5-3-6-12-19)29-33(21,22)15-9-10-16-34(23,24)30-18(2)36(27,28)32-20-13-7-4-8-14-20/h17-20H,3-16H2,1-2H3. The molecule has 0 aromatic carbocycles. The Labute approximate surface area is 215 Å². The molecule has 0 bridgehead atoms. The van der Waals surface area contributed by atoms with Crippen LogP contribution >= 0.6 is 0 Å². The summed E-state index contributed by atoms with van der Waals surface area (Å²) in [5, 5.41) is 0. The topological polar surface area (TPSA) is 173 Å². The van der Waals surface area contributed by atoms with Gasteiger partial charge < -0.3 is 0 Å². The molecule has 2 saturated carbocycles. The first-order chi connectivity index (χ1) is 16.6. The van der Waals surface area contributed by atoms with Crippen LogP contribution in [0.1, 0.15) is 90.9 Å². The highest BCUT2D eigenvalue weighted by atomic mass is 32.2. The van der Waals surface area contributed by atoms with Crippen molar-refractivity contribution in [2.24, 2.45) is 0 Å². The lowest BCUT2D eigenvalue weighted by molar-refractivity contribution is 0.147. The van der Waals surface area contributed by atoms with Crippen molar-refractivity contribution in [2.45, 2.75) is 114 Å². The zero-order chi connectivity index (χ0) is 27.0. The maximum absolute atomic E-state index is 12.3. The van der Waals surface area contributed by atoms with Gasteiger partial charge in [0.1, 0.15) is 0 Å². The van der Waals surface area contributed by atoms with Gasteiger partial charge in [-0.1, -0.05) is 38.5 Å². The zero-order valence-electron chi connectivity index (χ0n) is 20.7. The minimum atomic E-state index is -4.30. The molecule has 0 amide bonds. The summed E-state index contributed by atoms with van der Waals surface area (Å²) in [5.41, 5.74) is -3.49. The van der Waals surface area contributed by atoms with Crippen molar-refractivity contribution in [2.75, 3.05) is 11.5 Å². The molecule has 0 heterocycles. The molecule has 214 valence electrons. The third-order valence-corrected chi connectivity index (χ3v) is 11.9. The lowest BCUT2D eigenvalue weighted by Gasteiger charge is -2.23. The van der Waals surface area contributed by atoms with Crippen LogP contribution in [0.2, 0.25) is 0 Å². The lowest BCUT2D eigenvalue weighted by atomic mass is 9.98. The molecule has 2 rings (SSSR count). The first-order valence-corrected chi connectivity index (χ1v) is 18.4. The highest BCUT2D eigenvalue weighted by Gasteiger charge is 2.33. The summed E-state index contributed by atoms with van der Waals surface area (Å²) in [6.45, 7) is 2.12. The molecule has 0 aromatic heterocycles. The van der Waals surface area contributed by atoms with Crippen LogP contribution in [0.4, 0.5) is 0 Å². The second-order valence-corrected chi connectivity index (χ2v) is 16.4. The Hall–Kier alpha value is -0.360. The van der Waals surface area contributed by atoms with Crippen molar-refractivity contribution in [3.05, 3.63) is 0 Å². The Kier molecular flexibility index (Phi) is 12.1. The van der Waals surface area contributed by atoms with Gasteiger partial charge in [0.25, 0.3) is 40.5 Å². The van der Waals surface area contributed by atoms with E-state index in [9.17, 15) is 33.7 Å². The third kappa shape index (κ3) is 11.2. The van der Waals surface area contributed by atoms with Gasteiger partial charge in [-0.2, -0.15) is 33.7 Å². The van der Waals surface area contributed by atoms with Crippen LogP contribution in [0, 0.1) is 0 Å². The highest BCUT2D eigenvalue weighted by molar-refractivity contribution is 7.90. The van der Waals surface area contributed by atoms with E-state index in [0.717, 1.165) is 52.4 Å². The molecule has 0 aromatic rings. The predicted molar refractivity (Wildman–Crippen MR) is 132 cm³/mol. The number of rotatable bonds is 15. The van der Waals surface area contributed by atoms with E-state index in [1.807, 2.05) is 0 Å². The molecule has 0 aliphatic heterocycles. The van der Waals surface area contributed by atoms with Crippen LogP contribution < -0.4 is 0 Å². The summed E-state index contributed by atoms with van der Waals surface area (Å²) in [6.07, 6.45) is 6.24. The quantitative estimate of drug-likeness (QED) is 0.199. The van der Waals surface area contributed by atoms with E-state index in [1.165, 1.54) is 0 Å². The van der Waals surface area contributed by atoms with Gasteiger partial charge >= 0.3 is 0 Å². The summed E-state index contributed by atoms with van der Waals surface area (Å²) in [6, 6.07) is 0. The van der Waals surface area contributed by atoms with Crippen molar-refractivity contribution in [3.63, 3.8) is 0 Å². The van der Waals surface area contributed by atoms with Crippen LogP contribution in [0.5, 0.6) is 0 Å². The molecule has 2 unspecified atom stereocenters. The molecule has 36 heavy (non-hydrogen) atoms. The fourth-order valence-electron chi connectivity index (χ4n) is 4.02. The second-order valence-electron chi connectivity index (χ2n) is 9.26. The second kappa shape index (κ2) is 13.6. The smallest absolute Gasteiger partial charge is 0.265 e. The maximum atomic E-state index is 12.3. The number of hydrogen-bond acceptors (Lipinski definition) is 12. The van der Waals surface area contributed by atoms with Gasteiger partial charge in [-0.25, -0.2) is 8.37 Å². The van der Waals surface area contributed by atoms with Crippen molar-refractivity contribution in [3.8, 4) is 0 Å². The van der Waals surface area contributed by atoms with Gasteiger partial charge in [0.15, 0.2) is 10.9 Å². The number of unbranched alkanes of at least 4 members (excludes halogenated alkanes) is 1. The predicted octanol–water partition coefficient (Wildman–Crippen LogP) is 2.51. The minimum absolute atomic E-state index is 0.180. The monoisotopic (exact) mass is 598 g/mol. The van der Waals surface area contributed by atoms with Gasteiger partial charge in [0.05, 0.1) is 23.7 Å². The van der Waals surface area contributed by atoms with Gasteiger partial charge in [-0.3, -0.25) is 8.37 Å². The Morgan fingerprint density at radius 2 is 0.861 bits per heavy atom. The van der Waals surface area contributed by atoms with Crippen LogP contribution in [0.3, 0.4) is 0 Å². The average molecular weight is 599 g/mol. The van der Waals surface area contributed by atoms with E-state index in [-0.39, 0.29) is 12.8 Å². The minimum Gasteiger partial charge on any atom is -0.265 e. The van der Waals surface area contributed by atoms with Crippen molar-refractivity contribution in [1.82, 2.24) is 0 Å². The Morgan fingerprint density at radius 3 is 1.17 bits per heavy atom. The number of hydrogen-bond donors (Lipinski definition) is 0. The molecule has 2 fully saturated rings. The highest BCUT2D eigenvalue weighted by Crippen LogP contribution is 2.25. The van der Waals surface area contributed by atoms with Crippen molar-refractivity contribution < 1.29 is 50.4 Å². The summed E-state index contributed by atoms with van der Waals surface area (Å²) in [7, 11) is -17.1. The van der Waals surface area contributed by atoms with E-state index in [0.29, 0.717) is 25.7 Å². The normalized spacial score (nSPS) is 21.3. The van der Waals surface area contributed by atoms with Gasteiger partial charge in [-0.15, -0.1) is 0 Å². The summed E-state index contributed by atoms with van der Waals surface area (Å²) in [5.74, 6) is -1.27. The first-order valence-electron chi connectivity index (χ1n) is 12.3. The fraction of sp³-hybridized carbons (Fsp3) is 1.00. The van der Waals surface area contributed by atoms with E-state index in [2.05, 4.69) is 0 Å². The van der Waals surface area contributed by atoms with Gasteiger partial charge in [0.2, 0.25) is 0 Å². The van der Waals surface area contributed by atoms with E-state index < -0.39 is 75.1 Å². The summed E-state index contributed by atoms with van der Waals surface area (Å²) < 4.78 is 118. The SMILES string of the molecule is CC(OS(=O)(=O)CCCCS(=O)(=O)OC(C)S(=O)(=O)OC1CCCCC1)S(=O)(=O)OC1CCCCC1. The van der Waals surface area contributed by atoms with Crippen LogP contribution in [-0.2, 0) is 57.2 Å². The van der Waals surface area contributed by atoms with Gasteiger partial charge in [-0.05, 0) is 52.4 Å². The van der Waals surface area contributed by atoms with Gasteiger partial charge in [0, 0.05) is 0 Å². The van der Waals surface area contributed by atoms with Crippen LogP contribution in [0.25, 0.3) is 0 Å². The Bertz CT molecular complexity index is 1010. The fourth-order valence-corrected chi connectivity index (χ4v) is 9.10. The zero-order valence-corrected chi connectivity index (χ0v) is 24.0. The molecule has 0 spiro atoms. The molecule has 0 radical (unpaired) electrons. The molecule has 2 atom stereocenters. The Morgan fingerprint density at radius 1 is 0.556 bits per heavy atom. The lowest BCUT2D eigenvalue weighted by Crippen LogP contribution is -2.32. The maximum Gasteiger partial charge on any atom is 0.296 e. The molecular weight excluding hydrogens is 560 g/mol. The molecule has 0 N–H and O–H groups in total. The molecule has 2 aliphatic carbocycles. The molecule has 2 aliphatic rings. The third-order valence-electron chi connectivity index (χ3n) is 6.06. The molecule has 12 nitrogen and oxygen atoms in total. The van der Waals surface area contributed by atoms with Crippen molar-refractivity contribution in [1.29, 1.82) is 0 Å². The largest absolute Gasteiger partial charge is 0.296 e. The average Bonchev–Trinajstić information content (AvgIpc) is 2.77. The van der Waals surface area contributed by atoms with Crippen LogP contribution in [0.15, 0.2) is 0 Å². The van der Waals surface area contributed by atoms with E-state index in [4.69, 9.17) is 16.7 Å². The van der Waals surface area contributed by atoms with E-state index in [1.54, 1.807) is 0 Å². The van der Waals surface area contributed by atoms with Crippen molar-refractivity contribution >= 4 is 40.5 Å². The Balaban J connectivity index is 1.77. The molecule has 0 saturated heterocycles. The first kappa shape index (κ1) is 31.9.